The number of piperidine rings is 1. The van der Waals surface area contributed by atoms with Crippen molar-refractivity contribution in [1.29, 1.82) is 5.41 Å². The zero-order valence-electron chi connectivity index (χ0n) is 8.24. The van der Waals surface area contributed by atoms with Gasteiger partial charge in [-0.2, -0.15) is 0 Å². The molecule has 7 heteroatoms. The van der Waals surface area contributed by atoms with Crippen molar-refractivity contribution in [3.8, 4) is 0 Å². The third-order valence-corrected chi connectivity index (χ3v) is 2.42. The highest BCUT2D eigenvalue weighted by atomic mass is 35.5. The van der Waals surface area contributed by atoms with Crippen molar-refractivity contribution >= 4 is 35.9 Å². The summed E-state index contributed by atoms with van der Waals surface area (Å²) in [7, 11) is 0. The first-order chi connectivity index (χ1) is 6.63. The highest BCUT2D eigenvalue weighted by Crippen LogP contribution is 2.13. The van der Waals surface area contributed by atoms with Gasteiger partial charge in [-0.25, -0.2) is 4.79 Å². The molecule has 0 aromatic rings. The Labute approximate surface area is 99.8 Å². The smallest absolute Gasteiger partial charge is 0.404 e. The van der Waals surface area contributed by atoms with E-state index in [4.69, 9.17) is 27.5 Å². The van der Waals surface area contributed by atoms with Gasteiger partial charge in [0.1, 0.15) is 11.9 Å². The quantitative estimate of drug-likeness (QED) is 0.442. The molecule has 0 saturated carbocycles. The molecule has 1 aliphatic heterocycles. The number of carbonyl (C=O) groups is 1. The van der Waals surface area contributed by atoms with Crippen LogP contribution in [0.1, 0.15) is 12.8 Å². The minimum atomic E-state index is -0.755. The molecular weight excluding hydrogens is 241 g/mol. The Morgan fingerprint density at radius 3 is 2.87 bits per heavy atom. The highest BCUT2D eigenvalue weighted by Gasteiger charge is 2.23. The van der Waals surface area contributed by atoms with E-state index < -0.39 is 6.09 Å². The van der Waals surface area contributed by atoms with Gasteiger partial charge in [0, 0.05) is 6.54 Å². The van der Waals surface area contributed by atoms with Gasteiger partial charge >= 0.3 is 6.09 Å². The summed E-state index contributed by atoms with van der Waals surface area (Å²) in [6.07, 6.45) is 0.728. The SMILES string of the molecule is Cl.N=C(CCl)N1CCCC(OC(N)=O)C1. The van der Waals surface area contributed by atoms with E-state index in [1.54, 1.807) is 0 Å². The molecule has 15 heavy (non-hydrogen) atoms. The van der Waals surface area contributed by atoms with Crippen LogP contribution in [0.5, 0.6) is 0 Å². The van der Waals surface area contributed by atoms with Crippen LogP contribution in [0.4, 0.5) is 4.79 Å². The number of nitrogens with two attached hydrogens (primary N) is 1. The molecule has 0 radical (unpaired) electrons. The molecular formula is C8H15Cl2N3O2. The molecule has 0 aromatic heterocycles. The summed E-state index contributed by atoms with van der Waals surface area (Å²) in [5, 5.41) is 7.53. The highest BCUT2D eigenvalue weighted by molar-refractivity contribution is 6.27. The monoisotopic (exact) mass is 255 g/mol. The summed E-state index contributed by atoms with van der Waals surface area (Å²) in [4.78, 5) is 12.3. The van der Waals surface area contributed by atoms with E-state index >= 15 is 0 Å². The van der Waals surface area contributed by atoms with Crippen LogP contribution in [0.2, 0.25) is 0 Å². The van der Waals surface area contributed by atoms with Crippen molar-refractivity contribution in [1.82, 2.24) is 4.90 Å². The maximum absolute atomic E-state index is 10.5. The molecule has 1 saturated heterocycles. The van der Waals surface area contributed by atoms with E-state index in [-0.39, 0.29) is 24.4 Å². The summed E-state index contributed by atoms with van der Waals surface area (Å²) < 4.78 is 4.87. The molecule has 0 aliphatic carbocycles. The average molecular weight is 256 g/mol. The van der Waals surface area contributed by atoms with Crippen molar-refractivity contribution in [3.05, 3.63) is 0 Å². The minimum absolute atomic E-state index is 0. The number of likely N-dealkylation sites (tertiary alicyclic amines) is 1. The second kappa shape index (κ2) is 6.74. The number of hydrogen-bond donors (Lipinski definition) is 2. The molecule has 1 amide bonds. The number of ether oxygens (including phenoxy) is 1. The lowest BCUT2D eigenvalue weighted by atomic mass is 10.1. The molecule has 0 bridgehead atoms. The van der Waals surface area contributed by atoms with Gasteiger partial charge in [-0.05, 0) is 12.8 Å². The maximum Gasteiger partial charge on any atom is 0.404 e. The number of hydrogen-bond acceptors (Lipinski definition) is 3. The van der Waals surface area contributed by atoms with E-state index in [1.165, 1.54) is 0 Å². The summed E-state index contributed by atoms with van der Waals surface area (Å²) in [6, 6.07) is 0. The van der Waals surface area contributed by atoms with Crippen molar-refractivity contribution in [2.45, 2.75) is 18.9 Å². The molecule has 88 valence electrons. The molecule has 1 heterocycles. The van der Waals surface area contributed by atoms with Crippen LogP contribution in [0.25, 0.3) is 0 Å². The van der Waals surface area contributed by atoms with Crippen LogP contribution in [0, 0.1) is 5.41 Å². The van der Waals surface area contributed by atoms with Gasteiger partial charge in [0.15, 0.2) is 0 Å². The topological polar surface area (TPSA) is 79.4 Å². The van der Waals surface area contributed by atoms with Gasteiger partial charge in [-0.3, -0.25) is 5.41 Å². The van der Waals surface area contributed by atoms with Crippen LogP contribution in [0.15, 0.2) is 0 Å². The Morgan fingerprint density at radius 1 is 1.67 bits per heavy atom. The molecule has 1 unspecified atom stereocenters. The molecule has 1 atom stereocenters. The van der Waals surface area contributed by atoms with Gasteiger partial charge in [0.2, 0.25) is 0 Å². The van der Waals surface area contributed by atoms with E-state index in [0.29, 0.717) is 12.4 Å². The first-order valence-corrected chi connectivity index (χ1v) is 5.01. The summed E-state index contributed by atoms with van der Waals surface area (Å²) in [5.74, 6) is 0.549. The van der Waals surface area contributed by atoms with Crippen LogP contribution >= 0.6 is 24.0 Å². The normalized spacial score (nSPS) is 20.3. The third kappa shape index (κ3) is 4.57. The predicted molar refractivity (Wildman–Crippen MR) is 61.0 cm³/mol. The largest absolute Gasteiger partial charge is 0.445 e. The lowest BCUT2D eigenvalue weighted by molar-refractivity contribution is 0.0678. The Hall–Kier alpha value is -0.680. The molecule has 0 spiro atoms. The van der Waals surface area contributed by atoms with Gasteiger partial charge in [-0.15, -0.1) is 24.0 Å². The Kier molecular flexibility index (Phi) is 6.43. The van der Waals surface area contributed by atoms with Crippen molar-refractivity contribution in [2.24, 2.45) is 5.73 Å². The van der Waals surface area contributed by atoms with Gasteiger partial charge in [0.05, 0.1) is 12.4 Å². The zero-order valence-corrected chi connectivity index (χ0v) is 9.81. The predicted octanol–water partition coefficient (Wildman–Crippen LogP) is 1.18. The fourth-order valence-corrected chi connectivity index (χ4v) is 1.70. The second-order valence-electron chi connectivity index (χ2n) is 3.23. The number of halogens is 2. The molecule has 3 N–H and O–H groups in total. The number of amidine groups is 1. The van der Waals surface area contributed by atoms with E-state index in [0.717, 1.165) is 19.4 Å². The van der Waals surface area contributed by atoms with E-state index in [1.807, 2.05) is 4.90 Å². The van der Waals surface area contributed by atoms with Crippen molar-refractivity contribution in [2.75, 3.05) is 19.0 Å². The standard InChI is InChI=1S/C8H14ClN3O2.ClH/c9-4-7(10)12-3-1-2-6(5-12)14-8(11)13;/h6,10H,1-5H2,(H2,11,13);1H. The molecule has 0 aromatic carbocycles. The third-order valence-electron chi connectivity index (χ3n) is 2.17. The Morgan fingerprint density at radius 2 is 2.33 bits per heavy atom. The van der Waals surface area contributed by atoms with Crippen LogP contribution in [0.3, 0.4) is 0 Å². The van der Waals surface area contributed by atoms with E-state index in [2.05, 4.69) is 0 Å². The first kappa shape index (κ1) is 14.3. The molecule has 5 nitrogen and oxygen atoms in total. The number of amides is 1. The minimum Gasteiger partial charge on any atom is -0.445 e. The van der Waals surface area contributed by atoms with Crippen LogP contribution < -0.4 is 5.73 Å². The second-order valence-corrected chi connectivity index (χ2v) is 3.49. The summed E-state index contributed by atoms with van der Waals surface area (Å²) in [6.45, 7) is 1.32. The lowest BCUT2D eigenvalue weighted by Gasteiger charge is -2.33. The van der Waals surface area contributed by atoms with E-state index in [9.17, 15) is 4.79 Å². The number of carbonyl (C=O) groups excluding carboxylic acids is 1. The molecule has 1 aliphatic rings. The van der Waals surface area contributed by atoms with Gasteiger partial charge in [-0.1, -0.05) is 0 Å². The zero-order chi connectivity index (χ0) is 10.6. The van der Waals surface area contributed by atoms with Crippen LogP contribution in [-0.2, 0) is 4.74 Å². The Balaban J connectivity index is 0.00000196. The fraction of sp³-hybridized carbons (Fsp3) is 0.750. The first-order valence-electron chi connectivity index (χ1n) is 4.48. The number of nitrogens with zero attached hydrogens (tertiary/aromatic N) is 1. The Bertz CT molecular complexity index is 238. The fourth-order valence-electron chi connectivity index (χ4n) is 1.53. The van der Waals surface area contributed by atoms with Crippen molar-refractivity contribution in [3.63, 3.8) is 0 Å². The summed E-state index contributed by atoms with van der Waals surface area (Å²) >= 11 is 5.54. The number of alkyl halides is 1. The average Bonchev–Trinajstić information content (AvgIpc) is 2.16. The lowest BCUT2D eigenvalue weighted by Crippen LogP contribution is -2.44. The molecule has 1 fully saturated rings. The number of primary amides is 1. The van der Waals surface area contributed by atoms with Gasteiger partial charge < -0.3 is 15.4 Å². The van der Waals surface area contributed by atoms with Crippen LogP contribution in [-0.4, -0.2) is 41.9 Å². The van der Waals surface area contributed by atoms with Crippen molar-refractivity contribution < 1.29 is 9.53 Å². The summed E-state index contributed by atoms with van der Waals surface area (Å²) in [5.41, 5.74) is 4.92. The number of rotatable bonds is 2. The maximum atomic E-state index is 10.5. The number of nitrogens with one attached hydrogen (secondary N) is 1. The molecule has 1 rings (SSSR count). The van der Waals surface area contributed by atoms with Gasteiger partial charge in [0.25, 0.3) is 0 Å².